The highest BCUT2D eigenvalue weighted by molar-refractivity contribution is 6.09. The molecule has 0 radical (unpaired) electrons. The van der Waals surface area contributed by atoms with Gasteiger partial charge >= 0.3 is 6.03 Å². The van der Waals surface area contributed by atoms with E-state index in [9.17, 15) is 19.2 Å². The number of hydrogen-bond donors (Lipinski definition) is 3. The molecular formula is C19H20N4O5. The van der Waals surface area contributed by atoms with Crippen LogP contribution in [0.5, 0.6) is 0 Å². The van der Waals surface area contributed by atoms with Crippen molar-refractivity contribution in [3.63, 3.8) is 0 Å². The molecule has 9 heteroatoms. The van der Waals surface area contributed by atoms with Gasteiger partial charge in [0.05, 0.1) is 5.56 Å². The average molecular weight is 384 g/mol. The van der Waals surface area contributed by atoms with Crippen molar-refractivity contribution in [1.29, 1.82) is 0 Å². The van der Waals surface area contributed by atoms with E-state index >= 15 is 0 Å². The largest absolute Gasteiger partial charge is 0.466 e. The van der Waals surface area contributed by atoms with E-state index in [1.165, 1.54) is 0 Å². The number of carbonyl (C=O) groups excluding carboxylic acids is 4. The van der Waals surface area contributed by atoms with E-state index in [0.29, 0.717) is 17.1 Å². The number of aryl methyl sites for hydroxylation is 2. The van der Waals surface area contributed by atoms with E-state index in [4.69, 9.17) is 4.42 Å². The number of hydrogen-bond acceptors (Lipinski definition) is 5. The van der Waals surface area contributed by atoms with Gasteiger partial charge in [0.15, 0.2) is 0 Å². The minimum absolute atomic E-state index is 0.282. The summed E-state index contributed by atoms with van der Waals surface area (Å²) < 4.78 is 5.26. The number of furan rings is 1. The first-order valence-electron chi connectivity index (χ1n) is 8.58. The number of nitrogens with zero attached hydrogens (tertiary/aromatic N) is 1. The Morgan fingerprint density at radius 1 is 1.14 bits per heavy atom. The molecule has 2 heterocycles. The third kappa shape index (κ3) is 3.46. The summed E-state index contributed by atoms with van der Waals surface area (Å²) in [5.74, 6) is -0.849. The SMILES string of the molecule is Cc1cc(C(=O)NNC(=O)CN2C(=O)N[C@](C)(c3ccccc3)C2=O)c(C)o1. The molecule has 0 bridgehead atoms. The first-order chi connectivity index (χ1) is 13.2. The summed E-state index contributed by atoms with van der Waals surface area (Å²) in [6.45, 7) is 4.37. The Bertz CT molecular complexity index is 952. The smallest absolute Gasteiger partial charge is 0.325 e. The Balaban J connectivity index is 1.63. The lowest BCUT2D eigenvalue weighted by Crippen LogP contribution is -2.48. The zero-order valence-electron chi connectivity index (χ0n) is 15.7. The van der Waals surface area contributed by atoms with Crippen LogP contribution in [0.2, 0.25) is 0 Å². The van der Waals surface area contributed by atoms with E-state index in [-0.39, 0.29) is 5.56 Å². The molecule has 2 aromatic rings. The molecule has 3 N–H and O–H groups in total. The lowest BCUT2D eigenvalue weighted by atomic mass is 9.92. The predicted octanol–water partition coefficient (Wildman–Crippen LogP) is 1.12. The predicted molar refractivity (Wildman–Crippen MR) is 97.8 cm³/mol. The van der Waals surface area contributed by atoms with Crippen molar-refractivity contribution in [2.45, 2.75) is 26.3 Å². The normalized spacial score (nSPS) is 18.8. The van der Waals surface area contributed by atoms with Gasteiger partial charge in [0.25, 0.3) is 17.7 Å². The van der Waals surface area contributed by atoms with Crippen molar-refractivity contribution in [3.8, 4) is 0 Å². The topological polar surface area (TPSA) is 121 Å². The number of nitrogens with one attached hydrogen (secondary N) is 3. The standard InChI is InChI=1S/C19H20N4O5/c1-11-9-14(12(2)28-11)16(25)22-21-15(24)10-23-17(26)19(3,20-18(23)27)13-7-5-4-6-8-13/h4-9H,10H2,1-3H3,(H,20,27)(H,21,24)(H,22,25)/t19-/m1/s1. The summed E-state index contributed by atoms with van der Waals surface area (Å²) in [5, 5.41) is 2.61. The molecule has 1 aliphatic rings. The van der Waals surface area contributed by atoms with Gasteiger partial charge in [0, 0.05) is 0 Å². The number of carbonyl (C=O) groups is 4. The average Bonchev–Trinajstić information content (AvgIpc) is 3.11. The highest BCUT2D eigenvalue weighted by Gasteiger charge is 2.49. The Labute approximate surface area is 161 Å². The van der Waals surface area contributed by atoms with Gasteiger partial charge in [-0.3, -0.25) is 30.1 Å². The van der Waals surface area contributed by atoms with Gasteiger partial charge in [0.1, 0.15) is 23.6 Å². The van der Waals surface area contributed by atoms with Crippen LogP contribution in [0.15, 0.2) is 40.8 Å². The molecule has 0 saturated carbocycles. The van der Waals surface area contributed by atoms with Gasteiger partial charge in [-0.05, 0) is 32.4 Å². The van der Waals surface area contributed by atoms with Crippen LogP contribution in [0.3, 0.4) is 0 Å². The van der Waals surface area contributed by atoms with Crippen LogP contribution in [-0.4, -0.2) is 35.2 Å². The van der Waals surface area contributed by atoms with E-state index < -0.39 is 35.8 Å². The summed E-state index contributed by atoms with van der Waals surface area (Å²) in [6, 6.07) is 9.60. The summed E-state index contributed by atoms with van der Waals surface area (Å²) >= 11 is 0. The number of urea groups is 1. The molecule has 1 saturated heterocycles. The molecule has 28 heavy (non-hydrogen) atoms. The lowest BCUT2D eigenvalue weighted by molar-refractivity contribution is -0.135. The Kier molecular flexibility index (Phi) is 4.91. The van der Waals surface area contributed by atoms with Gasteiger partial charge in [-0.15, -0.1) is 0 Å². The number of amides is 5. The third-order valence-electron chi connectivity index (χ3n) is 4.53. The molecule has 146 valence electrons. The van der Waals surface area contributed by atoms with E-state index in [1.807, 2.05) is 0 Å². The summed E-state index contributed by atoms with van der Waals surface area (Å²) in [4.78, 5) is 50.0. The van der Waals surface area contributed by atoms with Crippen molar-refractivity contribution in [2.24, 2.45) is 0 Å². The Morgan fingerprint density at radius 3 is 2.43 bits per heavy atom. The summed E-state index contributed by atoms with van der Waals surface area (Å²) in [5.41, 5.74) is 4.07. The van der Waals surface area contributed by atoms with Crippen molar-refractivity contribution in [1.82, 2.24) is 21.1 Å². The molecule has 0 aliphatic carbocycles. The maximum Gasteiger partial charge on any atom is 0.325 e. The molecule has 5 amide bonds. The molecule has 1 atom stereocenters. The van der Waals surface area contributed by atoms with Crippen LogP contribution in [0.1, 0.15) is 34.4 Å². The second-order valence-corrected chi connectivity index (χ2v) is 6.64. The number of imide groups is 1. The summed E-state index contributed by atoms with van der Waals surface area (Å²) in [7, 11) is 0. The number of benzene rings is 1. The van der Waals surface area contributed by atoms with E-state index in [1.54, 1.807) is 57.2 Å². The number of rotatable bonds is 4. The molecule has 9 nitrogen and oxygen atoms in total. The fraction of sp³-hybridized carbons (Fsp3) is 0.263. The maximum atomic E-state index is 12.7. The van der Waals surface area contributed by atoms with Crippen molar-refractivity contribution in [2.75, 3.05) is 6.54 Å². The summed E-state index contributed by atoms with van der Waals surface area (Å²) in [6.07, 6.45) is 0. The first kappa shape index (κ1) is 19.2. The fourth-order valence-electron chi connectivity index (χ4n) is 3.04. The van der Waals surface area contributed by atoms with Gasteiger partial charge in [-0.25, -0.2) is 4.79 Å². The molecule has 1 fully saturated rings. The van der Waals surface area contributed by atoms with Gasteiger partial charge in [-0.2, -0.15) is 0 Å². The molecule has 1 aromatic heterocycles. The van der Waals surface area contributed by atoms with Crippen LogP contribution < -0.4 is 16.2 Å². The zero-order chi connectivity index (χ0) is 20.5. The second-order valence-electron chi connectivity index (χ2n) is 6.64. The van der Waals surface area contributed by atoms with Gasteiger partial charge < -0.3 is 9.73 Å². The van der Waals surface area contributed by atoms with Crippen LogP contribution in [0.4, 0.5) is 4.79 Å². The molecule has 1 aromatic carbocycles. The molecule has 3 rings (SSSR count). The van der Waals surface area contributed by atoms with Crippen LogP contribution in [-0.2, 0) is 15.1 Å². The highest BCUT2D eigenvalue weighted by atomic mass is 16.3. The maximum absolute atomic E-state index is 12.7. The monoisotopic (exact) mass is 384 g/mol. The van der Waals surface area contributed by atoms with Gasteiger partial charge in [0.2, 0.25) is 0 Å². The van der Waals surface area contributed by atoms with Crippen molar-refractivity contribution < 1.29 is 23.6 Å². The molecular weight excluding hydrogens is 364 g/mol. The van der Waals surface area contributed by atoms with Crippen LogP contribution in [0.25, 0.3) is 0 Å². The molecule has 1 aliphatic heterocycles. The van der Waals surface area contributed by atoms with Crippen molar-refractivity contribution in [3.05, 3.63) is 59.0 Å². The first-order valence-corrected chi connectivity index (χ1v) is 8.58. The van der Waals surface area contributed by atoms with Gasteiger partial charge in [-0.1, -0.05) is 30.3 Å². The number of hydrazine groups is 1. The minimum atomic E-state index is -1.26. The Morgan fingerprint density at radius 2 is 1.82 bits per heavy atom. The Hall–Kier alpha value is -3.62. The third-order valence-corrected chi connectivity index (χ3v) is 4.53. The van der Waals surface area contributed by atoms with Crippen LogP contribution in [0, 0.1) is 13.8 Å². The van der Waals surface area contributed by atoms with E-state index in [0.717, 1.165) is 4.90 Å². The zero-order valence-corrected chi connectivity index (χ0v) is 15.7. The molecule has 0 unspecified atom stereocenters. The van der Waals surface area contributed by atoms with E-state index in [2.05, 4.69) is 16.2 Å². The minimum Gasteiger partial charge on any atom is -0.466 e. The molecule has 0 spiro atoms. The van der Waals surface area contributed by atoms with Crippen LogP contribution >= 0.6 is 0 Å². The fourth-order valence-corrected chi connectivity index (χ4v) is 3.04. The lowest BCUT2D eigenvalue weighted by Gasteiger charge is -2.22. The quantitative estimate of drug-likeness (QED) is 0.539. The highest BCUT2D eigenvalue weighted by Crippen LogP contribution is 2.28. The van der Waals surface area contributed by atoms with Crippen molar-refractivity contribution >= 4 is 23.8 Å². The second kappa shape index (κ2) is 7.18.